The maximum absolute atomic E-state index is 8.76. The van der Waals surface area contributed by atoms with Gasteiger partial charge in [-0.3, -0.25) is 0 Å². The molecule has 0 aliphatic heterocycles. The molecule has 0 aliphatic rings. The van der Waals surface area contributed by atoms with Gasteiger partial charge in [-0.05, 0) is 17.7 Å². The quantitative estimate of drug-likeness (QED) is 0.911. The van der Waals surface area contributed by atoms with Crippen molar-refractivity contribution in [3.05, 3.63) is 52.2 Å². The highest BCUT2D eigenvalue weighted by Gasteiger charge is 2.04. The zero-order valence-electron chi connectivity index (χ0n) is 10.6. The van der Waals surface area contributed by atoms with E-state index in [4.69, 9.17) is 21.3 Å². The first kappa shape index (κ1) is 13.6. The van der Waals surface area contributed by atoms with Gasteiger partial charge >= 0.3 is 0 Å². The van der Waals surface area contributed by atoms with Crippen molar-refractivity contribution in [3.8, 4) is 6.07 Å². The van der Waals surface area contributed by atoms with Gasteiger partial charge in [-0.25, -0.2) is 4.98 Å². The van der Waals surface area contributed by atoms with Gasteiger partial charge in [0.1, 0.15) is 5.76 Å². The van der Waals surface area contributed by atoms with E-state index in [2.05, 4.69) is 16.4 Å². The second-order valence-electron chi connectivity index (χ2n) is 4.10. The van der Waals surface area contributed by atoms with E-state index in [9.17, 15) is 0 Å². The minimum Gasteiger partial charge on any atom is -0.444 e. The maximum atomic E-state index is 8.76. The highest BCUT2D eigenvalue weighted by atomic mass is 35.5. The van der Waals surface area contributed by atoms with Gasteiger partial charge in [0.25, 0.3) is 0 Å². The van der Waals surface area contributed by atoms with Gasteiger partial charge in [-0.15, -0.1) is 0 Å². The van der Waals surface area contributed by atoms with Gasteiger partial charge in [0.05, 0.1) is 24.4 Å². The number of nitrogens with zero attached hydrogens (tertiary/aromatic N) is 2. The molecule has 0 spiro atoms. The highest BCUT2D eigenvalue weighted by Crippen LogP contribution is 2.17. The van der Waals surface area contributed by atoms with Crippen molar-refractivity contribution < 1.29 is 4.42 Å². The van der Waals surface area contributed by atoms with Gasteiger partial charge in [0.15, 0.2) is 0 Å². The number of hydrogen-bond donors (Lipinski definition) is 1. The van der Waals surface area contributed by atoms with Crippen LogP contribution in [0.5, 0.6) is 0 Å². The van der Waals surface area contributed by atoms with Crippen molar-refractivity contribution in [2.75, 3.05) is 0 Å². The standard InChI is InChI=1S/C14H14ClN3O/c1-2-12-8-18-14(19-12)9-17-7-11-4-3-10(6-16)5-13(11)15/h3-5,8,17H,2,7,9H2,1H3. The third-order valence-corrected chi connectivity index (χ3v) is 3.08. The second-order valence-corrected chi connectivity index (χ2v) is 4.50. The van der Waals surface area contributed by atoms with E-state index >= 15 is 0 Å². The summed E-state index contributed by atoms with van der Waals surface area (Å²) in [6.07, 6.45) is 2.58. The van der Waals surface area contributed by atoms with Crippen LogP contribution in [-0.4, -0.2) is 4.98 Å². The average Bonchev–Trinajstić information content (AvgIpc) is 2.88. The molecule has 2 rings (SSSR count). The average molecular weight is 276 g/mol. The summed E-state index contributed by atoms with van der Waals surface area (Å²) in [4.78, 5) is 4.16. The lowest BCUT2D eigenvalue weighted by Gasteiger charge is -2.05. The van der Waals surface area contributed by atoms with Crippen molar-refractivity contribution in [1.29, 1.82) is 5.26 Å². The number of halogens is 1. The van der Waals surface area contributed by atoms with Crippen LogP contribution in [0.25, 0.3) is 0 Å². The Kier molecular flexibility index (Phi) is 4.56. The third-order valence-electron chi connectivity index (χ3n) is 2.72. The van der Waals surface area contributed by atoms with Crippen molar-refractivity contribution in [1.82, 2.24) is 10.3 Å². The van der Waals surface area contributed by atoms with Crippen LogP contribution in [0.4, 0.5) is 0 Å². The molecule has 1 aromatic carbocycles. The van der Waals surface area contributed by atoms with Crippen LogP contribution in [0.1, 0.15) is 29.7 Å². The molecular formula is C14H14ClN3O. The Morgan fingerprint density at radius 1 is 1.42 bits per heavy atom. The molecule has 0 aliphatic carbocycles. The van der Waals surface area contributed by atoms with E-state index in [1.807, 2.05) is 13.0 Å². The minimum atomic E-state index is 0.552. The van der Waals surface area contributed by atoms with Crippen LogP contribution in [0.2, 0.25) is 5.02 Å². The molecule has 0 fully saturated rings. The fraction of sp³-hybridized carbons (Fsp3) is 0.286. The first-order valence-corrected chi connectivity index (χ1v) is 6.43. The van der Waals surface area contributed by atoms with E-state index in [0.717, 1.165) is 17.7 Å². The number of benzene rings is 1. The van der Waals surface area contributed by atoms with E-state index in [-0.39, 0.29) is 0 Å². The lowest BCUT2D eigenvalue weighted by Crippen LogP contribution is -2.13. The van der Waals surface area contributed by atoms with E-state index in [1.165, 1.54) is 0 Å². The largest absolute Gasteiger partial charge is 0.444 e. The monoisotopic (exact) mass is 275 g/mol. The van der Waals surface area contributed by atoms with Crippen LogP contribution in [0, 0.1) is 11.3 Å². The predicted octanol–water partition coefficient (Wildman–Crippen LogP) is 3.05. The molecule has 98 valence electrons. The number of rotatable bonds is 5. The molecule has 19 heavy (non-hydrogen) atoms. The number of aromatic nitrogens is 1. The third kappa shape index (κ3) is 3.57. The molecule has 0 saturated heterocycles. The molecule has 0 unspecified atom stereocenters. The van der Waals surface area contributed by atoms with E-state index < -0.39 is 0 Å². The molecule has 0 radical (unpaired) electrons. The number of nitrogens with one attached hydrogen (secondary N) is 1. The molecule has 1 heterocycles. The highest BCUT2D eigenvalue weighted by molar-refractivity contribution is 6.31. The molecule has 5 heteroatoms. The van der Waals surface area contributed by atoms with Crippen LogP contribution in [-0.2, 0) is 19.5 Å². The SMILES string of the molecule is CCc1cnc(CNCc2ccc(C#N)cc2Cl)o1. The molecule has 1 N–H and O–H groups in total. The van der Waals surface area contributed by atoms with Gasteiger partial charge < -0.3 is 9.73 Å². The summed E-state index contributed by atoms with van der Waals surface area (Å²) >= 11 is 6.09. The fourth-order valence-electron chi connectivity index (χ4n) is 1.66. The molecule has 0 saturated carbocycles. The smallest absolute Gasteiger partial charge is 0.208 e. The van der Waals surface area contributed by atoms with Gasteiger partial charge in [-0.2, -0.15) is 5.26 Å². The Bertz CT molecular complexity index is 601. The van der Waals surface area contributed by atoms with Crippen LogP contribution >= 0.6 is 11.6 Å². The first-order chi connectivity index (χ1) is 9.22. The Hall–Kier alpha value is -1.83. The number of aryl methyl sites for hydroxylation is 1. The Morgan fingerprint density at radius 2 is 2.26 bits per heavy atom. The second kappa shape index (κ2) is 6.37. The molecule has 0 atom stereocenters. The van der Waals surface area contributed by atoms with Crippen molar-refractivity contribution >= 4 is 11.6 Å². The van der Waals surface area contributed by atoms with Gasteiger partial charge in [0.2, 0.25) is 5.89 Å². The predicted molar refractivity (Wildman–Crippen MR) is 72.6 cm³/mol. The van der Waals surface area contributed by atoms with Crippen molar-refractivity contribution in [2.45, 2.75) is 26.4 Å². The fourth-order valence-corrected chi connectivity index (χ4v) is 1.90. The molecule has 0 bridgehead atoms. The van der Waals surface area contributed by atoms with Crippen LogP contribution in [0.3, 0.4) is 0 Å². The lowest BCUT2D eigenvalue weighted by molar-refractivity contribution is 0.439. The topological polar surface area (TPSA) is 61.9 Å². The molecular weight excluding hydrogens is 262 g/mol. The van der Waals surface area contributed by atoms with Crippen LogP contribution in [0.15, 0.2) is 28.8 Å². The molecule has 1 aromatic heterocycles. The summed E-state index contributed by atoms with van der Waals surface area (Å²) in [6, 6.07) is 7.32. The summed E-state index contributed by atoms with van der Waals surface area (Å²) < 4.78 is 5.49. The minimum absolute atomic E-state index is 0.552. The molecule has 2 aromatic rings. The van der Waals surface area contributed by atoms with Crippen molar-refractivity contribution in [2.24, 2.45) is 0 Å². The Balaban J connectivity index is 1.90. The summed E-state index contributed by atoms with van der Waals surface area (Å²) in [7, 11) is 0. The zero-order valence-corrected chi connectivity index (χ0v) is 11.4. The normalized spacial score (nSPS) is 10.4. The summed E-state index contributed by atoms with van der Waals surface area (Å²) in [5, 5.41) is 12.6. The molecule has 0 amide bonds. The van der Waals surface area contributed by atoms with Crippen molar-refractivity contribution in [3.63, 3.8) is 0 Å². The van der Waals surface area contributed by atoms with E-state index in [0.29, 0.717) is 29.6 Å². The Labute approximate surface area is 117 Å². The van der Waals surface area contributed by atoms with Gasteiger partial charge in [-0.1, -0.05) is 24.6 Å². The first-order valence-electron chi connectivity index (χ1n) is 6.05. The molecule has 4 nitrogen and oxygen atoms in total. The van der Waals surface area contributed by atoms with Gasteiger partial charge in [0, 0.05) is 18.0 Å². The Morgan fingerprint density at radius 3 is 2.89 bits per heavy atom. The lowest BCUT2D eigenvalue weighted by atomic mass is 10.1. The summed E-state index contributed by atoms with van der Waals surface area (Å²) in [5.74, 6) is 1.55. The van der Waals surface area contributed by atoms with Crippen LogP contribution < -0.4 is 5.32 Å². The summed E-state index contributed by atoms with van der Waals surface area (Å²) in [6.45, 7) is 3.18. The number of nitriles is 1. The zero-order chi connectivity index (χ0) is 13.7. The maximum Gasteiger partial charge on any atom is 0.208 e. The van der Waals surface area contributed by atoms with E-state index in [1.54, 1.807) is 18.3 Å². The number of oxazole rings is 1. The summed E-state index contributed by atoms with van der Waals surface area (Å²) in [5.41, 5.74) is 1.51. The number of hydrogen-bond acceptors (Lipinski definition) is 4.